The second-order valence-electron chi connectivity index (χ2n) is 9.35. The Morgan fingerprint density at radius 2 is 1.91 bits per heavy atom. The van der Waals surface area contributed by atoms with Crippen molar-refractivity contribution in [3.05, 3.63) is 36.4 Å². The fraction of sp³-hybridized carbons (Fsp3) is 0.520. The van der Waals surface area contributed by atoms with Crippen LogP contribution in [-0.2, 0) is 14.8 Å². The van der Waals surface area contributed by atoms with Crippen molar-refractivity contribution >= 4 is 38.3 Å². The standard InChI is InChI=1S/C25H38N6O3S/c1-4-18-9-8-16-31(17-18)24(32)21(12-7-15-28-25(26)27)29-35(33,34)23-14-6-10-19-20(23)11-5-13-22(19)30(2)3/h5-6,10-11,13-14,18,21,29H,4,7-9,12,15-17H2,1-3H3,(H4,26,27,28)/t18?,21-/m0/s1. The summed E-state index contributed by atoms with van der Waals surface area (Å²) in [6, 6.07) is 9.91. The molecule has 0 bridgehead atoms. The van der Waals surface area contributed by atoms with E-state index >= 15 is 0 Å². The van der Waals surface area contributed by atoms with E-state index in [1.54, 1.807) is 23.1 Å². The molecule has 9 nitrogen and oxygen atoms in total. The van der Waals surface area contributed by atoms with Crippen LogP contribution < -0.4 is 21.1 Å². The highest BCUT2D eigenvalue weighted by atomic mass is 32.2. The van der Waals surface area contributed by atoms with Crippen LogP contribution in [0.2, 0.25) is 0 Å². The largest absolute Gasteiger partial charge is 0.377 e. The summed E-state index contributed by atoms with van der Waals surface area (Å²) in [6.45, 7) is 3.74. The van der Waals surface area contributed by atoms with E-state index in [4.69, 9.17) is 11.5 Å². The molecule has 10 heteroatoms. The molecule has 1 fully saturated rings. The Labute approximate surface area is 208 Å². The highest BCUT2D eigenvalue weighted by Gasteiger charge is 2.32. The molecule has 0 aromatic heterocycles. The number of nitrogens with one attached hydrogen (secondary N) is 1. The number of hydrogen-bond acceptors (Lipinski definition) is 5. The quantitative estimate of drug-likeness (QED) is 0.259. The van der Waals surface area contributed by atoms with Crippen molar-refractivity contribution < 1.29 is 13.2 Å². The number of guanidine groups is 1. The first-order valence-corrected chi connectivity index (χ1v) is 13.7. The van der Waals surface area contributed by atoms with Crippen molar-refractivity contribution in [3.8, 4) is 0 Å². The van der Waals surface area contributed by atoms with Crippen molar-refractivity contribution in [2.75, 3.05) is 38.6 Å². The number of carbonyl (C=O) groups excluding carboxylic acids is 1. The van der Waals surface area contributed by atoms with E-state index in [1.165, 1.54) is 0 Å². The molecule has 0 spiro atoms. The number of anilines is 1. The van der Waals surface area contributed by atoms with E-state index in [2.05, 4.69) is 16.6 Å². The SMILES string of the molecule is CCC1CCCN(C(=O)[C@H](CCCN=C(N)N)NS(=O)(=O)c2cccc3c(N(C)C)cccc23)C1. The van der Waals surface area contributed by atoms with Gasteiger partial charge < -0.3 is 21.3 Å². The Bertz CT molecular complexity index is 1160. The molecular formula is C25H38N6O3S. The molecule has 2 aromatic rings. The number of hydrogen-bond donors (Lipinski definition) is 3. The van der Waals surface area contributed by atoms with Gasteiger partial charge in [0.05, 0.1) is 4.90 Å². The number of nitrogens with two attached hydrogens (primary N) is 2. The van der Waals surface area contributed by atoms with Gasteiger partial charge in [0.15, 0.2) is 5.96 Å². The number of rotatable bonds is 10. The molecule has 0 saturated carbocycles. The van der Waals surface area contributed by atoms with E-state index in [1.807, 2.05) is 37.2 Å². The maximum atomic E-state index is 13.6. The lowest BCUT2D eigenvalue weighted by molar-refractivity contribution is -0.135. The molecule has 3 rings (SSSR count). The zero-order valence-electron chi connectivity index (χ0n) is 20.9. The first kappa shape index (κ1) is 26.7. The Morgan fingerprint density at radius 1 is 1.20 bits per heavy atom. The fourth-order valence-corrected chi connectivity index (χ4v) is 6.14. The molecule has 35 heavy (non-hydrogen) atoms. The van der Waals surface area contributed by atoms with Crippen molar-refractivity contribution in [2.45, 2.75) is 50.0 Å². The van der Waals surface area contributed by atoms with Gasteiger partial charge in [-0.15, -0.1) is 0 Å². The maximum absolute atomic E-state index is 13.6. The molecule has 1 amide bonds. The molecule has 0 aliphatic carbocycles. The van der Waals surface area contributed by atoms with Gasteiger partial charge in [-0.1, -0.05) is 37.6 Å². The van der Waals surface area contributed by atoms with Gasteiger partial charge in [0, 0.05) is 50.2 Å². The predicted octanol–water partition coefficient (Wildman–Crippen LogP) is 2.25. The van der Waals surface area contributed by atoms with E-state index in [9.17, 15) is 13.2 Å². The number of carbonyl (C=O) groups is 1. The molecule has 5 N–H and O–H groups in total. The van der Waals surface area contributed by atoms with Crippen LogP contribution >= 0.6 is 0 Å². The summed E-state index contributed by atoms with van der Waals surface area (Å²) in [5.41, 5.74) is 11.8. The van der Waals surface area contributed by atoms with Gasteiger partial charge in [0.1, 0.15) is 6.04 Å². The van der Waals surface area contributed by atoms with Crippen LogP contribution in [-0.4, -0.2) is 65.0 Å². The normalized spacial score (nSPS) is 17.2. The molecule has 1 aliphatic heterocycles. The highest BCUT2D eigenvalue weighted by molar-refractivity contribution is 7.89. The topological polar surface area (TPSA) is 134 Å². The third-order valence-electron chi connectivity index (χ3n) is 6.58. The van der Waals surface area contributed by atoms with Crippen molar-refractivity contribution in [1.29, 1.82) is 0 Å². The molecule has 1 heterocycles. The van der Waals surface area contributed by atoms with Gasteiger partial charge in [-0.05, 0) is 43.7 Å². The number of nitrogens with zero attached hydrogens (tertiary/aromatic N) is 3. The first-order chi connectivity index (χ1) is 16.6. The van der Waals surface area contributed by atoms with Crippen LogP contribution in [0.15, 0.2) is 46.3 Å². The second kappa shape index (κ2) is 11.7. The lowest BCUT2D eigenvalue weighted by Crippen LogP contribution is -2.51. The minimum atomic E-state index is -3.99. The van der Waals surface area contributed by atoms with Gasteiger partial charge in [0.2, 0.25) is 15.9 Å². The average molecular weight is 503 g/mol. The number of amides is 1. The van der Waals surface area contributed by atoms with Gasteiger partial charge in [-0.2, -0.15) is 4.72 Å². The van der Waals surface area contributed by atoms with Crippen molar-refractivity contribution in [1.82, 2.24) is 9.62 Å². The Balaban J connectivity index is 1.91. The minimum absolute atomic E-state index is 0.0253. The molecule has 2 aromatic carbocycles. The highest BCUT2D eigenvalue weighted by Crippen LogP contribution is 2.30. The minimum Gasteiger partial charge on any atom is -0.377 e. The zero-order chi connectivity index (χ0) is 25.6. The van der Waals surface area contributed by atoms with Gasteiger partial charge in [0.25, 0.3) is 0 Å². The van der Waals surface area contributed by atoms with Crippen molar-refractivity contribution in [2.24, 2.45) is 22.4 Å². The summed E-state index contributed by atoms with van der Waals surface area (Å²) in [5.74, 6) is 0.225. The monoisotopic (exact) mass is 502 g/mol. The lowest BCUT2D eigenvalue weighted by atomic mass is 9.95. The van der Waals surface area contributed by atoms with Crippen LogP contribution in [0.4, 0.5) is 5.69 Å². The maximum Gasteiger partial charge on any atom is 0.241 e. The molecule has 2 atom stereocenters. The molecular weight excluding hydrogens is 464 g/mol. The molecule has 192 valence electrons. The number of likely N-dealkylation sites (tertiary alicyclic amines) is 1. The third kappa shape index (κ3) is 6.64. The summed E-state index contributed by atoms with van der Waals surface area (Å²) in [6.07, 6.45) is 3.78. The van der Waals surface area contributed by atoms with Crippen molar-refractivity contribution in [3.63, 3.8) is 0 Å². The van der Waals surface area contributed by atoms with Crippen LogP contribution in [0.3, 0.4) is 0 Å². The zero-order valence-corrected chi connectivity index (χ0v) is 21.7. The summed E-state index contributed by atoms with van der Waals surface area (Å²) in [5, 5.41) is 1.44. The first-order valence-electron chi connectivity index (χ1n) is 12.2. The number of fused-ring (bicyclic) bond motifs is 1. The number of piperidine rings is 1. The third-order valence-corrected chi connectivity index (χ3v) is 8.11. The van der Waals surface area contributed by atoms with E-state index in [0.717, 1.165) is 30.3 Å². The Kier molecular flexibility index (Phi) is 8.96. The summed E-state index contributed by atoms with van der Waals surface area (Å²) < 4.78 is 30.0. The van der Waals surface area contributed by atoms with E-state index in [0.29, 0.717) is 43.8 Å². The number of aliphatic imine (C=N–C) groups is 1. The van der Waals surface area contributed by atoms with E-state index in [-0.39, 0.29) is 16.8 Å². The smallest absolute Gasteiger partial charge is 0.241 e. The molecule has 1 aliphatic rings. The summed E-state index contributed by atoms with van der Waals surface area (Å²) in [4.78, 5) is 21.4. The van der Waals surface area contributed by atoms with Crippen LogP contribution in [0.1, 0.15) is 39.0 Å². The second-order valence-corrected chi connectivity index (χ2v) is 11.0. The molecule has 1 saturated heterocycles. The Hall–Kier alpha value is -2.85. The van der Waals surface area contributed by atoms with Gasteiger partial charge >= 0.3 is 0 Å². The predicted molar refractivity (Wildman–Crippen MR) is 142 cm³/mol. The van der Waals surface area contributed by atoms with Crippen LogP contribution in [0.25, 0.3) is 10.8 Å². The lowest BCUT2D eigenvalue weighted by Gasteiger charge is -2.34. The number of benzene rings is 2. The Morgan fingerprint density at radius 3 is 2.60 bits per heavy atom. The van der Waals surface area contributed by atoms with E-state index < -0.39 is 16.1 Å². The fourth-order valence-electron chi connectivity index (χ4n) is 4.69. The van der Waals surface area contributed by atoms with Crippen LogP contribution in [0, 0.1) is 5.92 Å². The van der Waals surface area contributed by atoms with Crippen LogP contribution in [0.5, 0.6) is 0 Å². The summed E-state index contributed by atoms with van der Waals surface area (Å²) in [7, 11) is -0.149. The molecule has 1 unspecified atom stereocenters. The number of sulfonamides is 1. The molecule has 0 radical (unpaired) electrons. The van der Waals surface area contributed by atoms with Gasteiger partial charge in [-0.25, -0.2) is 8.42 Å². The average Bonchev–Trinajstić information content (AvgIpc) is 2.84. The summed E-state index contributed by atoms with van der Waals surface area (Å²) >= 11 is 0. The van der Waals surface area contributed by atoms with Gasteiger partial charge in [-0.3, -0.25) is 9.79 Å².